The van der Waals surface area contributed by atoms with Gasteiger partial charge >= 0.3 is 0 Å². The van der Waals surface area contributed by atoms with Crippen LogP contribution in [0.25, 0.3) is 0 Å². The number of carbonyl (C=O) groups is 2. The Labute approximate surface area is 215 Å². The van der Waals surface area contributed by atoms with Crippen LogP contribution in [0.5, 0.6) is 0 Å². The second-order valence-electron chi connectivity index (χ2n) is 10.8. The Kier molecular flexibility index (Phi) is 8.02. The number of carbonyl (C=O) groups excluding carboxylic acids is 2. The summed E-state index contributed by atoms with van der Waals surface area (Å²) < 4.78 is 0. The first-order valence-electron chi connectivity index (χ1n) is 13.8. The van der Waals surface area contributed by atoms with E-state index in [4.69, 9.17) is 0 Å². The molecule has 3 aliphatic heterocycles. The molecule has 192 valence electrons. The molecule has 2 amide bonds. The molecule has 3 aliphatic rings. The number of aryl methyl sites for hydroxylation is 1. The normalized spacial score (nSPS) is 22.8. The third-order valence-electron chi connectivity index (χ3n) is 8.38. The summed E-state index contributed by atoms with van der Waals surface area (Å²) in [7, 11) is 0. The van der Waals surface area contributed by atoms with Crippen LogP contribution >= 0.6 is 0 Å². The lowest BCUT2D eigenvalue weighted by Gasteiger charge is -2.52. The molecule has 2 aromatic rings. The second-order valence-corrected chi connectivity index (χ2v) is 10.8. The first kappa shape index (κ1) is 25.0. The summed E-state index contributed by atoms with van der Waals surface area (Å²) >= 11 is 0. The molecule has 1 unspecified atom stereocenters. The molecular formula is C30H40N4O2. The number of piperidine rings is 1. The third-order valence-corrected chi connectivity index (χ3v) is 8.38. The lowest BCUT2D eigenvalue weighted by atomic mass is 9.81. The fourth-order valence-electron chi connectivity index (χ4n) is 6.42. The molecule has 36 heavy (non-hydrogen) atoms. The number of nitrogens with zero attached hydrogens (tertiary/aromatic N) is 3. The number of nitrogens with one attached hydrogen (secondary N) is 1. The van der Waals surface area contributed by atoms with Gasteiger partial charge in [-0.2, -0.15) is 0 Å². The van der Waals surface area contributed by atoms with Gasteiger partial charge in [0.15, 0.2) is 0 Å². The van der Waals surface area contributed by atoms with Crippen LogP contribution in [0, 0.1) is 0 Å². The summed E-state index contributed by atoms with van der Waals surface area (Å²) in [6, 6.07) is 21.3. The Bertz CT molecular complexity index is 1000. The maximum absolute atomic E-state index is 13.3. The lowest BCUT2D eigenvalue weighted by Crippen LogP contribution is -2.72. The molecule has 0 aliphatic carbocycles. The molecule has 0 saturated carbocycles. The van der Waals surface area contributed by atoms with E-state index in [2.05, 4.69) is 69.7 Å². The van der Waals surface area contributed by atoms with Crippen molar-refractivity contribution in [1.29, 1.82) is 0 Å². The van der Waals surface area contributed by atoms with Gasteiger partial charge in [0.2, 0.25) is 11.8 Å². The number of amides is 2. The topological polar surface area (TPSA) is 55.9 Å². The molecule has 6 heteroatoms. The van der Waals surface area contributed by atoms with Crippen LogP contribution < -0.4 is 5.32 Å². The first-order chi connectivity index (χ1) is 17.6. The van der Waals surface area contributed by atoms with Crippen molar-refractivity contribution in [2.75, 3.05) is 39.3 Å². The molecule has 0 bridgehead atoms. The molecule has 3 saturated heterocycles. The van der Waals surface area contributed by atoms with E-state index < -0.39 is 5.54 Å². The van der Waals surface area contributed by atoms with Gasteiger partial charge in [-0.05, 0) is 56.2 Å². The Morgan fingerprint density at radius 3 is 2.22 bits per heavy atom. The molecule has 0 aromatic heterocycles. The Morgan fingerprint density at radius 1 is 0.806 bits per heavy atom. The summed E-state index contributed by atoms with van der Waals surface area (Å²) in [6.07, 6.45) is 7.19. The largest absolute Gasteiger partial charge is 0.345 e. The van der Waals surface area contributed by atoms with E-state index in [-0.39, 0.29) is 24.4 Å². The van der Waals surface area contributed by atoms with Crippen molar-refractivity contribution in [3.05, 3.63) is 71.8 Å². The average molecular weight is 489 g/mol. The monoisotopic (exact) mass is 488 g/mol. The Morgan fingerprint density at radius 2 is 1.50 bits per heavy atom. The molecule has 0 radical (unpaired) electrons. The van der Waals surface area contributed by atoms with Crippen LogP contribution in [-0.4, -0.2) is 77.4 Å². The zero-order valence-corrected chi connectivity index (χ0v) is 21.4. The van der Waals surface area contributed by atoms with Crippen LogP contribution in [0.4, 0.5) is 0 Å². The Hall–Kier alpha value is -2.70. The van der Waals surface area contributed by atoms with E-state index in [1.54, 1.807) is 0 Å². The zero-order valence-electron chi connectivity index (χ0n) is 21.4. The molecule has 2 aromatic carbocycles. The van der Waals surface area contributed by atoms with Crippen LogP contribution in [-0.2, 0) is 22.6 Å². The minimum absolute atomic E-state index is 0.0612. The maximum Gasteiger partial charge on any atom is 0.246 e. The van der Waals surface area contributed by atoms with Crippen molar-refractivity contribution in [3.63, 3.8) is 0 Å². The number of rotatable bonds is 9. The minimum atomic E-state index is -0.674. The van der Waals surface area contributed by atoms with E-state index in [1.165, 1.54) is 30.4 Å². The average Bonchev–Trinajstić information content (AvgIpc) is 3.36. The van der Waals surface area contributed by atoms with Crippen molar-refractivity contribution < 1.29 is 9.59 Å². The highest BCUT2D eigenvalue weighted by atomic mass is 16.2. The molecule has 1 atom stereocenters. The number of hydrogen-bond acceptors (Lipinski definition) is 4. The van der Waals surface area contributed by atoms with E-state index in [0.29, 0.717) is 0 Å². The molecule has 1 spiro atoms. The van der Waals surface area contributed by atoms with Gasteiger partial charge in [-0.3, -0.25) is 14.5 Å². The summed E-state index contributed by atoms with van der Waals surface area (Å²) in [4.78, 5) is 33.4. The lowest BCUT2D eigenvalue weighted by molar-refractivity contribution is -0.160. The predicted molar refractivity (Wildman–Crippen MR) is 142 cm³/mol. The molecule has 5 rings (SSSR count). The molecule has 1 N–H and O–H groups in total. The molecular weight excluding hydrogens is 448 g/mol. The Balaban J connectivity index is 1.13. The van der Waals surface area contributed by atoms with Crippen molar-refractivity contribution in [3.8, 4) is 0 Å². The number of benzene rings is 2. The van der Waals surface area contributed by atoms with E-state index in [0.717, 1.165) is 65.0 Å². The van der Waals surface area contributed by atoms with E-state index >= 15 is 0 Å². The molecule has 6 nitrogen and oxygen atoms in total. The number of hydrogen-bond donors (Lipinski definition) is 1. The molecule has 3 fully saturated rings. The van der Waals surface area contributed by atoms with Crippen LogP contribution in [0.15, 0.2) is 60.7 Å². The fourth-order valence-corrected chi connectivity index (χ4v) is 6.42. The van der Waals surface area contributed by atoms with E-state index in [1.807, 2.05) is 11.0 Å². The summed E-state index contributed by atoms with van der Waals surface area (Å²) in [5.74, 6) is 0.154. The van der Waals surface area contributed by atoms with Gasteiger partial charge in [-0.1, -0.05) is 67.1 Å². The maximum atomic E-state index is 13.3. The second kappa shape index (κ2) is 11.6. The van der Waals surface area contributed by atoms with E-state index in [9.17, 15) is 9.59 Å². The SMILES string of the molecule is O=C1CNC(=O)C2(CCN(CCCCCc3ccccc3)CC2)N1C1CCN(Cc2ccccc2)C1. The molecule has 3 heterocycles. The fraction of sp³-hybridized carbons (Fsp3) is 0.533. The van der Waals surface area contributed by atoms with Gasteiger partial charge in [0, 0.05) is 38.8 Å². The van der Waals surface area contributed by atoms with Gasteiger partial charge in [0.1, 0.15) is 5.54 Å². The highest BCUT2D eigenvalue weighted by Gasteiger charge is 2.53. The zero-order chi connectivity index (χ0) is 24.8. The number of unbranched alkanes of at least 4 members (excludes halogenated alkanes) is 2. The minimum Gasteiger partial charge on any atom is -0.345 e. The van der Waals surface area contributed by atoms with Gasteiger partial charge in [0.05, 0.1) is 6.54 Å². The number of piperazine rings is 1. The summed E-state index contributed by atoms with van der Waals surface area (Å²) in [5, 5.41) is 2.92. The standard InChI is InChI=1S/C30H40N4O2/c35-28-22-31-29(36)30(34(28)27-15-19-33(24-27)23-26-13-6-2-7-14-26)16-20-32(21-17-30)18-9-3-8-12-25-10-4-1-5-11-25/h1-2,4-7,10-11,13-14,27H,3,8-9,12,15-24H2,(H,31,36). The van der Waals surface area contributed by atoms with Gasteiger partial charge in [-0.15, -0.1) is 0 Å². The van der Waals surface area contributed by atoms with Crippen LogP contribution in [0.2, 0.25) is 0 Å². The predicted octanol–water partition coefficient (Wildman–Crippen LogP) is 3.47. The smallest absolute Gasteiger partial charge is 0.246 e. The van der Waals surface area contributed by atoms with Crippen LogP contribution in [0.3, 0.4) is 0 Å². The van der Waals surface area contributed by atoms with Crippen molar-refractivity contribution in [1.82, 2.24) is 20.0 Å². The van der Waals surface area contributed by atoms with Gasteiger partial charge < -0.3 is 15.1 Å². The van der Waals surface area contributed by atoms with Crippen molar-refractivity contribution in [2.24, 2.45) is 0 Å². The summed E-state index contributed by atoms with van der Waals surface area (Å²) in [5.41, 5.74) is 2.04. The van der Waals surface area contributed by atoms with Crippen LogP contribution in [0.1, 0.15) is 49.7 Å². The quantitative estimate of drug-likeness (QED) is 0.550. The summed E-state index contributed by atoms with van der Waals surface area (Å²) in [6.45, 7) is 5.70. The van der Waals surface area contributed by atoms with Crippen molar-refractivity contribution >= 4 is 11.8 Å². The van der Waals surface area contributed by atoms with Crippen molar-refractivity contribution in [2.45, 2.75) is 63.1 Å². The van der Waals surface area contributed by atoms with Gasteiger partial charge in [0.25, 0.3) is 0 Å². The number of likely N-dealkylation sites (tertiary alicyclic amines) is 2. The van der Waals surface area contributed by atoms with Gasteiger partial charge in [-0.25, -0.2) is 0 Å². The highest BCUT2D eigenvalue weighted by molar-refractivity contribution is 5.98. The highest BCUT2D eigenvalue weighted by Crippen LogP contribution is 2.36. The third kappa shape index (κ3) is 5.65. The first-order valence-corrected chi connectivity index (χ1v) is 13.8.